The van der Waals surface area contributed by atoms with Crippen molar-refractivity contribution in [2.24, 2.45) is 5.92 Å². The van der Waals surface area contributed by atoms with Crippen LogP contribution in [0.5, 0.6) is 0 Å². The zero-order valence-electron chi connectivity index (χ0n) is 14.1. The molecule has 1 heterocycles. The fourth-order valence-electron chi connectivity index (χ4n) is 3.92. The summed E-state index contributed by atoms with van der Waals surface area (Å²) >= 11 is 0. The first-order chi connectivity index (χ1) is 12.2. The van der Waals surface area contributed by atoms with Crippen molar-refractivity contribution in [3.05, 3.63) is 59.4 Å². The van der Waals surface area contributed by atoms with E-state index in [1.165, 1.54) is 11.1 Å². The van der Waals surface area contributed by atoms with Crippen LogP contribution in [0.25, 0.3) is 6.08 Å². The lowest BCUT2D eigenvalue weighted by Gasteiger charge is -2.18. The lowest BCUT2D eigenvalue weighted by molar-refractivity contribution is 0.0872. The predicted octanol–water partition coefficient (Wildman–Crippen LogP) is 2.41. The molecule has 0 aliphatic heterocycles. The third-order valence-corrected chi connectivity index (χ3v) is 5.23. The molecule has 1 fully saturated rings. The van der Waals surface area contributed by atoms with E-state index in [0.29, 0.717) is 17.9 Å². The first-order valence-electron chi connectivity index (χ1n) is 8.95. The number of aliphatic hydroxyl groups excluding tert-OH is 1. The molecule has 2 aromatic rings. The van der Waals surface area contributed by atoms with Crippen molar-refractivity contribution >= 4 is 12.0 Å². The minimum absolute atomic E-state index is 0.0962. The number of rotatable bonds is 4. The quantitative estimate of drug-likeness (QED) is 0.900. The summed E-state index contributed by atoms with van der Waals surface area (Å²) in [5.41, 5.74) is 3.10. The first-order valence-corrected chi connectivity index (χ1v) is 8.95. The Morgan fingerprint density at radius 1 is 1.36 bits per heavy atom. The fraction of sp³-hybridized carbons (Fsp3) is 0.400. The topological polar surface area (TPSA) is 67.2 Å². The van der Waals surface area contributed by atoms with Crippen molar-refractivity contribution in [2.75, 3.05) is 0 Å². The summed E-state index contributed by atoms with van der Waals surface area (Å²) in [6, 6.07) is 7.56. The van der Waals surface area contributed by atoms with E-state index >= 15 is 0 Å². The molecule has 0 bridgehead atoms. The van der Waals surface area contributed by atoms with Crippen LogP contribution in [0.2, 0.25) is 0 Å². The molecule has 4 rings (SSSR count). The monoisotopic (exact) mass is 337 g/mol. The zero-order valence-corrected chi connectivity index (χ0v) is 14.1. The maximum atomic E-state index is 12.6. The number of aromatic nitrogens is 2. The van der Waals surface area contributed by atoms with Crippen molar-refractivity contribution < 1.29 is 9.90 Å². The Balaban J connectivity index is 1.40. The number of carbonyl (C=O) groups is 1. The van der Waals surface area contributed by atoms with Gasteiger partial charge in [0, 0.05) is 24.5 Å². The first kappa shape index (κ1) is 16.1. The number of hydrogen-bond acceptors (Lipinski definition) is 3. The standard InChI is InChI=1S/C20H23N3O2/c24-19-11-14(13-23-9-3-8-21-23)10-18(19)22-20(25)17-7-6-15-4-1-2-5-16(15)12-17/h1,3-4,6-9,12,14,18-19,24H,2,5,10-11,13H2,(H,22,25)/t14?,18-,19-/m1/s1. The molecule has 1 unspecified atom stereocenters. The van der Waals surface area contributed by atoms with E-state index in [1.807, 2.05) is 35.1 Å². The number of nitrogens with zero attached hydrogens (tertiary/aromatic N) is 2. The molecule has 1 aromatic heterocycles. The molecule has 5 nitrogen and oxygen atoms in total. The van der Waals surface area contributed by atoms with E-state index in [9.17, 15) is 9.90 Å². The predicted molar refractivity (Wildman–Crippen MR) is 96.0 cm³/mol. The Hall–Kier alpha value is -2.40. The van der Waals surface area contributed by atoms with Crippen molar-refractivity contribution in [3.63, 3.8) is 0 Å². The van der Waals surface area contributed by atoms with Gasteiger partial charge < -0.3 is 10.4 Å². The molecule has 0 radical (unpaired) electrons. The van der Waals surface area contributed by atoms with Gasteiger partial charge in [-0.15, -0.1) is 0 Å². The number of amides is 1. The average Bonchev–Trinajstić information content (AvgIpc) is 3.25. The van der Waals surface area contributed by atoms with Gasteiger partial charge in [-0.05, 0) is 60.9 Å². The number of nitrogens with one attached hydrogen (secondary N) is 1. The van der Waals surface area contributed by atoms with Crippen LogP contribution in [-0.4, -0.2) is 32.9 Å². The fourth-order valence-corrected chi connectivity index (χ4v) is 3.92. The van der Waals surface area contributed by atoms with Gasteiger partial charge in [0.1, 0.15) is 0 Å². The molecule has 5 heteroatoms. The zero-order chi connectivity index (χ0) is 17.2. The highest BCUT2D eigenvalue weighted by molar-refractivity contribution is 5.95. The molecule has 0 saturated heterocycles. The lowest BCUT2D eigenvalue weighted by atomic mass is 9.95. The molecule has 25 heavy (non-hydrogen) atoms. The molecule has 1 amide bonds. The molecule has 1 aromatic carbocycles. The minimum Gasteiger partial charge on any atom is -0.391 e. The molecule has 1 saturated carbocycles. The van der Waals surface area contributed by atoms with Gasteiger partial charge in [0.15, 0.2) is 0 Å². The van der Waals surface area contributed by atoms with E-state index in [-0.39, 0.29) is 11.9 Å². The second-order valence-corrected chi connectivity index (χ2v) is 7.07. The van der Waals surface area contributed by atoms with E-state index in [4.69, 9.17) is 0 Å². The Morgan fingerprint density at radius 2 is 2.28 bits per heavy atom. The summed E-state index contributed by atoms with van der Waals surface area (Å²) in [6.45, 7) is 0.779. The largest absolute Gasteiger partial charge is 0.391 e. The number of allylic oxidation sites excluding steroid dienone is 1. The van der Waals surface area contributed by atoms with E-state index in [2.05, 4.69) is 22.6 Å². The van der Waals surface area contributed by atoms with E-state index in [1.54, 1.807) is 6.20 Å². The SMILES string of the molecule is O=C(N[C@@H]1CC(Cn2cccn2)C[C@H]1O)c1ccc2c(c1)CCC=C2. The van der Waals surface area contributed by atoms with Crippen LogP contribution < -0.4 is 5.32 Å². The van der Waals surface area contributed by atoms with Gasteiger partial charge in [-0.2, -0.15) is 5.10 Å². The van der Waals surface area contributed by atoms with Crippen LogP contribution in [0.4, 0.5) is 0 Å². The van der Waals surface area contributed by atoms with Crippen LogP contribution in [0.3, 0.4) is 0 Å². The highest BCUT2D eigenvalue weighted by atomic mass is 16.3. The highest BCUT2D eigenvalue weighted by Crippen LogP contribution is 2.28. The minimum atomic E-state index is -0.495. The van der Waals surface area contributed by atoms with Gasteiger partial charge in [0.25, 0.3) is 5.91 Å². The molecule has 3 atom stereocenters. The second kappa shape index (κ2) is 6.84. The molecule has 2 aliphatic rings. The Labute approximate surface area is 147 Å². The van der Waals surface area contributed by atoms with Crippen LogP contribution >= 0.6 is 0 Å². The lowest BCUT2D eigenvalue weighted by Crippen LogP contribution is -2.40. The number of carbonyl (C=O) groups excluding carboxylic acids is 1. The van der Waals surface area contributed by atoms with Gasteiger partial charge in [0.2, 0.25) is 0 Å². The van der Waals surface area contributed by atoms with Gasteiger partial charge in [0.05, 0.1) is 12.1 Å². The molecule has 0 spiro atoms. The summed E-state index contributed by atoms with van der Waals surface area (Å²) in [6.07, 6.45) is 10.9. The molecule has 2 N–H and O–H groups in total. The third kappa shape index (κ3) is 3.51. The Bertz CT molecular complexity index is 782. The third-order valence-electron chi connectivity index (χ3n) is 5.23. The Morgan fingerprint density at radius 3 is 3.12 bits per heavy atom. The van der Waals surface area contributed by atoms with Crippen molar-refractivity contribution in [1.82, 2.24) is 15.1 Å². The normalized spacial score (nSPS) is 24.9. The molecular weight excluding hydrogens is 314 g/mol. The molecule has 130 valence electrons. The highest BCUT2D eigenvalue weighted by Gasteiger charge is 2.34. The summed E-state index contributed by atoms with van der Waals surface area (Å²) in [7, 11) is 0. The van der Waals surface area contributed by atoms with Crippen molar-refractivity contribution in [2.45, 2.75) is 44.4 Å². The molecular formula is C20H23N3O2. The maximum Gasteiger partial charge on any atom is 0.251 e. The molecule has 2 aliphatic carbocycles. The average molecular weight is 337 g/mol. The summed E-state index contributed by atoms with van der Waals surface area (Å²) in [4.78, 5) is 12.6. The van der Waals surface area contributed by atoms with Gasteiger partial charge in [-0.25, -0.2) is 0 Å². The van der Waals surface area contributed by atoms with Gasteiger partial charge in [-0.1, -0.05) is 18.2 Å². The van der Waals surface area contributed by atoms with Crippen LogP contribution in [0.15, 0.2) is 42.7 Å². The van der Waals surface area contributed by atoms with Gasteiger partial charge >= 0.3 is 0 Å². The van der Waals surface area contributed by atoms with Crippen molar-refractivity contribution in [3.8, 4) is 0 Å². The van der Waals surface area contributed by atoms with Gasteiger partial charge in [-0.3, -0.25) is 9.48 Å². The number of hydrogen-bond donors (Lipinski definition) is 2. The number of benzene rings is 1. The summed E-state index contributed by atoms with van der Waals surface area (Å²) in [5, 5.41) is 17.6. The maximum absolute atomic E-state index is 12.6. The van der Waals surface area contributed by atoms with E-state index in [0.717, 1.165) is 25.8 Å². The van der Waals surface area contributed by atoms with E-state index < -0.39 is 6.10 Å². The Kier molecular flexibility index (Phi) is 4.40. The van der Waals surface area contributed by atoms with Crippen LogP contribution in [-0.2, 0) is 13.0 Å². The number of aryl methyl sites for hydroxylation is 1. The van der Waals surface area contributed by atoms with Crippen molar-refractivity contribution in [1.29, 1.82) is 0 Å². The summed E-state index contributed by atoms with van der Waals surface area (Å²) in [5.74, 6) is 0.231. The van der Waals surface area contributed by atoms with Crippen LogP contribution in [0, 0.1) is 5.92 Å². The number of aliphatic hydroxyl groups is 1. The second-order valence-electron chi connectivity index (χ2n) is 7.07. The smallest absolute Gasteiger partial charge is 0.251 e. The number of fused-ring (bicyclic) bond motifs is 1. The van der Waals surface area contributed by atoms with Crippen LogP contribution in [0.1, 0.15) is 40.7 Å². The summed E-state index contributed by atoms with van der Waals surface area (Å²) < 4.78 is 1.89.